The van der Waals surface area contributed by atoms with E-state index < -0.39 is 0 Å². The zero-order chi connectivity index (χ0) is 18.2. The summed E-state index contributed by atoms with van der Waals surface area (Å²) in [5.74, 6) is 2.35. The average molecular weight is 347 g/mol. The molecule has 26 heavy (non-hydrogen) atoms. The van der Waals surface area contributed by atoms with Crippen LogP contribution in [0.25, 0.3) is 0 Å². The molecule has 0 aliphatic carbocycles. The first kappa shape index (κ1) is 17.5. The Labute approximate surface area is 153 Å². The Balaban J connectivity index is 1.86. The van der Waals surface area contributed by atoms with Gasteiger partial charge in [-0.1, -0.05) is 18.2 Å². The molecular weight excluding hydrogens is 326 g/mol. The molecule has 0 atom stereocenters. The zero-order valence-electron chi connectivity index (χ0n) is 14.8. The van der Waals surface area contributed by atoms with E-state index in [9.17, 15) is 0 Å². The molecule has 1 N–H and O–H groups in total. The molecule has 0 amide bonds. The van der Waals surface area contributed by atoms with Crippen LogP contribution in [0.5, 0.6) is 11.5 Å². The number of anilines is 1. The highest BCUT2D eigenvalue weighted by atomic mass is 16.5. The van der Waals surface area contributed by atoms with Crippen LogP contribution in [-0.4, -0.2) is 24.9 Å². The first-order valence-electron chi connectivity index (χ1n) is 8.29. The fourth-order valence-electron chi connectivity index (χ4n) is 2.48. The summed E-state index contributed by atoms with van der Waals surface area (Å²) in [5.41, 5.74) is 6.10. The van der Waals surface area contributed by atoms with Crippen LogP contribution in [-0.2, 0) is 6.42 Å². The van der Waals surface area contributed by atoms with Gasteiger partial charge in [-0.3, -0.25) is 5.43 Å². The van der Waals surface area contributed by atoms with Crippen LogP contribution in [0.2, 0.25) is 0 Å². The molecule has 0 spiro atoms. The molecule has 2 aromatic carbocycles. The van der Waals surface area contributed by atoms with Crippen LogP contribution in [0.3, 0.4) is 0 Å². The van der Waals surface area contributed by atoms with E-state index in [0.717, 1.165) is 28.3 Å². The third-order valence-corrected chi connectivity index (χ3v) is 3.92. The quantitative estimate of drug-likeness (QED) is 0.515. The molecule has 3 aromatic rings. The normalized spacial score (nSPS) is 11.1. The van der Waals surface area contributed by atoms with Gasteiger partial charge in [0.25, 0.3) is 0 Å². The fraction of sp³-hybridized carbons (Fsp3) is 0.143. The summed E-state index contributed by atoms with van der Waals surface area (Å²) in [6, 6.07) is 21.5. The van der Waals surface area contributed by atoms with E-state index in [2.05, 4.69) is 15.5 Å². The maximum atomic E-state index is 5.24. The van der Waals surface area contributed by atoms with E-state index in [1.807, 2.05) is 66.7 Å². The van der Waals surface area contributed by atoms with Gasteiger partial charge < -0.3 is 9.47 Å². The van der Waals surface area contributed by atoms with Gasteiger partial charge >= 0.3 is 0 Å². The Morgan fingerprint density at radius 1 is 0.885 bits per heavy atom. The summed E-state index contributed by atoms with van der Waals surface area (Å²) in [4.78, 5) is 4.25. The SMILES string of the molecule is COc1ccc(CC(=NNc2ccccn2)c2ccc(OC)cc2)cc1. The molecule has 1 aromatic heterocycles. The fourth-order valence-corrected chi connectivity index (χ4v) is 2.48. The molecule has 0 aliphatic heterocycles. The molecule has 0 saturated heterocycles. The molecule has 0 bridgehead atoms. The number of pyridine rings is 1. The predicted molar refractivity (Wildman–Crippen MR) is 104 cm³/mol. The second-order valence-corrected chi connectivity index (χ2v) is 5.64. The third-order valence-electron chi connectivity index (χ3n) is 3.92. The van der Waals surface area contributed by atoms with Crippen molar-refractivity contribution in [2.45, 2.75) is 6.42 Å². The van der Waals surface area contributed by atoms with Gasteiger partial charge in [-0.25, -0.2) is 4.98 Å². The molecule has 0 saturated carbocycles. The van der Waals surface area contributed by atoms with Crippen LogP contribution in [0.4, 0.5) is 5.82 Å². The number of ether oxygens (including phenoxy) is 2. The Kier molecular flexibility index (Phi) is 5.83. The lowest BCUT2D eigenvalue weighted by molar-refractivity contribution is 0.414. The van der Waals surface area contributed by atoms with Crippen molar-refractivity contribution < 1.29 is 9.47 Å². The summed E-state index contributed by atoms with van der Waals surface area (Å²) in [5, 5.41) is 4.59. The minimum Gasteiger partial charge on any atom is -0.497 e. The van der Waals surface area contributed by atoms with Gasteiger partial charge in [-0.05, 0) is 59.7 Å². The molecule has 0 radical (unpaired) electrons. The van der Waals surface area contributed by atoms with Crippen molar-refractivity contribution in [3.63, 3.8) is 0 Å². The lowest BCUT2D eigenvalue weighted by Gasteiger charge is -2.10. The third kappa shape index (κ3) is 4.60. The Bertz CT molecular complexity index is 845. The van der Waals surface area contributed by atoms with Crippen LogP contribution >= 0.6 is 0 Å². The maximum absolute atomic E-state index is 5.24. The molecular formula is C21H21N3O2. The Morgan fingerprint density at radius 3 is 2.12 bits per heavy atom. The van der Waals surface area contributed by atoms with E-state index in [1.165, 1.54) is 0 Å². The van der Waals surface area contributed by atoms with Crippen molar-refractivity contribution >= 4 is 11.5 Å². The van der Waals surface area contributed by atoms with Crippen LogP contribution < -0.4 is 14.9 Å². The summed E-state index contributed by atoms with van der Waals surface area (Å²) < 4.78 is 10.5. The first-order chi connectivity index (χ1) is 12.8. The number of benzene rings is 2. The molecule has 0 unspecified atom stereocenters. The predicted octanol–water partition coefficient (Wildman–Crippen LogP) is 4.16. The number of hydrogen-bond acceptors (Lipinski definition) is 5. The van der Waals surface area contributed by atoms with E-state index >= 15 is 0 Å². The highest BCUT2D eigenvalue weighted by Crippen LogP contribution is 2.17. The van der Waals surface area contributed by atoms with Crippen molar-refractivity contribution in [2.24, 2.45) is 5.10 Å². The van der Waals surface area contributed by atoms with Gasteiger partial charge in [0.15, 0.2) is 0 Å². The molecule has 0 aliphatic rings. The second kappa shape index (κ2) is 8.67. The summed E-state index contributed by atoms with van der Waals surface area (Å²) in [6.45, 7) is 0. The summed E-state index contributed by atoms with van der Waals surface area (Å²) >= 11 is 0. The van der Waals surface area contributed by atoms with Gasteiger partial charge in [0.05, 0.1) is 19.9 Å². The van der Waals surface area contributed by atoms with Crippen molar-refractivity contribution in [1.29, 1.82) is 0 Å². The van der Waals surface area contributed by atoms with Crippen LogP contribution in [0.1, 0.15) is 11.1 Å². The highest BCUT2D eigenvalue weighted by molar-refractivity contribution is 6.02. The molecule has 5 nitrogen and oxygen atoms in total. The lowest BCUT2D eigenvalue weighted by atomic mass is 10.0. The highest BCUT2D eigenvalue weighted by Gasteiger charge is 2.07. The van der Waals surface area contributed by atoms with E-state index in [1.54, 1.807) is 20.4 Å². The van der Waals surface area contributed by atoms with Crippen molar-refractivity contribution in [3.05, 3.63) is 84.1 Å². The molecule has 132 valence electrons. The maximum Gasteiger partial charge on any atom is 0.146 e. The van der Waals surface area contributed by atoms with Crippen molar-refractivity contribution in [1.82, 2.24) is 4.98 Å². The molecule has 3 rings (SSSR count). The van der Waals surface area contributed by atoms with E-state index in [0.29, 0.717) is 12.2 Å². The van der Waals surface area contributed by atoms with Crippen molar-refractivity contribution in [2.75, 3.05) is 19.6 Å². The smallest absolute Gasteiger partial charge is 0.146 e. The number of rotatable bonds is 7. The minimum atomic E-state index is 0.677. The van der Waals surface area contributed by atoms with Crippen molar-refractivity contribution in [3.8, 4) is 11.5 Å². The lowest BCUT2D eigenvalue weighted by Crippen LogP contribution is -2.09. The number of nitrogens with zero attached hydrogens (tertiary/aromatic N) is 2. The van der Waals surface area contributed by atoms with E-state index in [4.69, 9.17) is 9.47 Å². The Hall–Kier alpha value is -3.34. The van der Waals surface area contributed by atoms with E-state index in [-0.39, 0.29) is 0 Å². The summed E-state index contributed by atoms with van der Waals surface area (Å²) in [6.07, 6.45) is 2.41. The van der Waals surface area contributed by atoms with Gasteiger partial charge in [0, 0.05) is 12.6 Å². The molecule has 1 heterocycles. The first-order valence-corrected chi connectivity index (χ1v) is 8.29. The zero-order valence-corrected chi connectivity index (χ0v) is 14.8. The number of methoxy groups -OCH3 is 2. The number of nitrogens with one attached hydrogen (secondary N) is 1. The monoisotopic (exact) mass is 347 g/mol. The number of hydrazone groups is 1. The second-order valence-electron chi connectivity index (χ2n) is 5.64. The molecule has 0 fully saturated rings. The van der Waals surface area contributed by atoms with Gasteiger partial charge in [0.2, 0.25) is 0 Å². The van der Waals surface area contributed by atoms with Gasteiger partial charge in [-0.15, -0.1) is 0 Å². The standard InChI is InChI=1S/C21H21N3O2/c1-25-18-10-6-16(7-11-18)15-20(17-8-12-19(26-2)13-9-17)23-24-21-5-3-4-14-22-21/h3-14H,15H2,1-2H3,(H,22,24). The average Bonchev–Trinajstić information content (AvgIpc) is 2.72. The summed E-state index contributed by atoms with van der Waals surface area (Å²) in [7, 11) is 3.32. The number of aromatic nitrogens is 1. The topological polar surface area (TPSA) is 55.7 Å². The van der Waals surface area contributed by atoms with Gasteiger partial charge in [-0.2, -0.15) is 5.10 Å². The molecule has 5 heteroatoms. The number of hydrogen-bond donors (Lipinski definition) is 1. The van der Waals surface area contributed by atoms with Gasteiger partial charge in [0.1, 0.15) is 17.3 Å². The van der Waals surface area contributed by atoms with Crippen LogP contribution in [0.15, 0.2) is 78.0 Å². The minimum absolute atomic E-state index is 0.677. The largest absolute Gasteiger partial charge is 0.497 e. The van der Waals surface area contributed by atoms with Crippen LogP contribution in [0, 0.1) is 0 Å². The Morgan fingerprint density at radius 2 is 1.54 bits per heavy atom.